The van der Waals surface area contributed by atoms with E-state index >= 15 is 0 Å². The average Bonchev–Trinajstić information content (AvgIpc) is 3.16. The molecule has 2 N–H and O–H groups in total. The Labute approximate surface area is 161 Å². The van der Waals surface area contributed by atoms with Gasteiger partial charge in [0.2, 0.25) is 0 Å². The van der Waals surface area contributed by atoms with E-state index in [0.29, 0.717) is 11.3 Å². The molecular weight excluding hydrogens is 345 g/mol. The minimum Gasteiger partial charge on any atom is -0.496 e. The van der Waals surface area contributed by atoms with E-state index in [9.17, 15) is 9.18 Å². The minimum atomic E-state index is -0.338. The Morgan fingerprint density at radius 1 is 1.26 bits per heavy atom. The Hall–Kier alpha value is -1.82. The lowest BCUT2D eigenvalue weighted by molar-refractivity contribution is 0.171. The van der Waals surface area contributed by atoms with Gasteiger partial charge in [0.05, 0.1) is 13.2 Å². The van der Waals surface area contributed by atoms with Crippen molar-refractivity contribution in [2.75, 3.05) is 26.7 Å². The Morgan fingerprint density at radius 2 is 1.96 bits per heavy atom. The summed E-state index contributed by atoms with van der Waals surface area (Å²) in [4.78, 5) is 14.9. The van der Waals surface area contributed by atoms with Gasteiger partial charge < -0.3 is 20.3 Å². The third kappa shape index (κ3) is 5.58. The number of carbonyl (C=O) groups is 1. The number of nitrogens with one attached hydrogen (secondary N) is 2. The van der Waals surface area contributed by atoms with Gasteiger partial charge in [-0.25, -0.2) is 9.18 Å². The van der Waals surface area contributed by atoms with Crippen LogP contribution in [0.3, 0.4) is 0 Å². The van der Waals surface area contributed by atoms with E-state index < -0.39 is 0 Å². The summed E-state index contributed by atoms with van der Waals surface area (Å²) in [7, 11) is 1.54. The smallest absolute Gasteiger partial charge is 0.315 e. The first-order valence-electron chi connectivity index (χ1n) is 10.2. The standard InChI is InChI=1S/C21H32FN3O2/c1-15(19-13-17(22)7-8-20(19)27-2)23-21(26)24-18-9-11-25(12-10-18)14-16-5-3-4-6-16/h7-8,13,15-16,18H,3-6,9-12,14H2,1-2H3,(H2,23,24,26). The molecule has 1 unspecified atom stereocenters. The molecule has 2 amide bonds. The van der Waals surface area contributed by atoms with E-state index in [-0.39, 0.29) is 23.9 Å². The molecule has 0 radical (unpaired) electrons. The van der Waals surface area contributed by atoms with Crippen LogP contribution >= 0.6 is 0 Å². The highest BCUT2D eigenvalue weighted by molar-refractivity contribution is 5.74. The van der Waals surface area contributed by atoms with E-state index in [1.54, 1.807) is 13.2 Å². The number of likely N-dealkylation sites (tertiary alicyclic amines) is 1. The SMILES string of the molecule is COc1ccc(F)cc1C(C)NC(=O)NC1CCN(CC2CCCC2)CC1. The zero-order valence-corrected chi connectivity index (χ0v) is 16.5. The van der Waals surface area contributed by atoms with Gasteiger partial charge in [-0.1, -0.05) is 12.8 Å². The van der Waals surface area contributed by atoms with E-state index in [1.807, 2.05) is 6.92 Å². The zero-order valence-electron chi connectivity index (χ0n) is 16.5. The average molecular weight is 378 g/mol. The fourth-order valence-corrected chi connectivity index (χ4v) is 4.36. The van der Waals surface area contributed by atoms with Crippen molar-refractivity contribution < 1.29 is 13.9 Å². The van der Waals surface area contributed by atoms with Crippen molar-refractivity contribution in [2.45, 2.75) is 57.5 Å². The largest absolute Gasteiger partial charge is 0.496 e. The first-order valence-corrected chi connectivity index (χ1v) is 10.2. The molecule has 6 heteroatoms. The predicted molar refractivity (Wildman–Crippen MR) is 104 cm³/mol. The topological polar surface area (TPSA) is 53.6 Å². The Balaban J connectivity index is 1.43. The number of halogens is 1. The van der Waals surface area contributed by atoms with Crippen molar-refractivity contribution in [3.05, 3.63) is 29.6 Å². The van der Waals surface area contributed by atoms with E-state index in [4.69, 9.17) is 4.74 Å². The third-order valence-corrected chi connectivity index (χ3v) is 5.92. The second-order valence-corrected chi connectivity index (χ2v) is 7.95. The number of amides is 2. The highest BCUT2D eigenvalue weighted by Crippen LogP contribution is 2.27. The van der Waals surface area contributed by atoms with Gasteiger partial charge in [0.1, 0.15) is 11.6 Å². The number of ether oxygens (including phenoxy) is 1. The van der Waals surface area contributed by atoms with Gasteiger partial charge in [-0.05, 0) is 56.7 Å². The number of hydrogen-bond donors (Lipinski definition) is 2. The van der Waals surface area contributed by atoms with Crippen molar-refractivity contribution in [1.82, 2.24) is 15.5 Å². The van der Waals surface area contributed by atoms with Crippen LogP contribution in [0.2, 0.25) is 0 Å². The first kappa shape index (κ1) is 19.9. The van der Waals surface area contributed by atoms with Crippen LogP contribution in [0.1, 0.15) is 57.1 Å². The zero-order chi connectivity index (χ0) is 19.2. The van der Waals surface area contributed by atoms with E-state index in [1.165, 1.54) is 44.4 Å². The second kappa shape index (κ2) is 9.40. The summed E-state index contributed by atoms with van der Waals surface area (Å²) < 4.78 is 18.8. The van der Waals surface area contributed by atoms with Crippen LogP contribution < -0.4 is 15.4 Å². The number of rotatable bonds is 6. The number of methoxy groups -OCH3 is 1. The molecule has 2 aliphatic rings. The van der Waals surface area contributed by atoms with Crippen LogP contribution in [0.5, 0.6) is 5.75 Å². The Bertz CT molecular complexity index is 626. The Morgan fingerprint density at radius 3 is 2.63 bits per heavy atom. The third-order valence-electron chi connectivity index (χ3n) is 5.92. The van der Waals surface area contributed by atoms with Gasteiger partial charge in [-0.2, -0.15) is 0 Å². The van der Waals surface area contributed by atoms with Crippen LogP contribution in [0.25, 0.3) is 0 Å². The van der Waals surface area contributed by atoms with Crippen LogP contribution in [0.4, 0.5) is 9.18 Å². The molecule has 3 rings (SSSR count). The van der Waals surface area contributed by atoms with Crippen molar-refractivity contribution in [1.29, 1.82) is 0 Å². The number of benzene rings is 1. The normalized spacial score (nSPS) is 20.4. The summed E-state index contributed by atoms with van der Waals surface area (Å²) in [5, 5.41) is 5.98. The number of piperidine rings is 1. The molecule has 0 spiro atoms. The van der Waals surface area contributed by atoms with Gasteiger partial charge >= 0.3 is 6.03 Å². The Kier molecular flexibility index (Phi) is 6.94. The lowest BCUT2D eigenvalue weighted by Gasteiger charge is -2.34. The van der Waals surface area contributed by atoms with Crippen LogP contribution in [-0.2, 0) is 0 Å². The predicted octanol–water partition coefficient (Wildman–Crippen LogP) is 3.85. The molecule has 1 heterocycles. The molecule has 1 saturated heterocycles. The molecule has 1 saturated carbocycles. The summed E-state index contributed by atoms with van der Waals surface area (Å²) in [6.07, 6.45) is 7.49. The molecule has 1 aromatic rings. The molecule has 0 bridgehead atoms. The van der Waals surface area contributed by atoms with Gasteiger partial charge in [0.15, 0.2) is 0 Å². The van der Waals surface area contributed by atoms with E-state index in [2.05, 4.69) is 15.5 Å². The maximum Gasteiger partial charge on any atom is 0.315 e. The molecule has 27 heavy (non-hydrogen) atoms. The number of carbonyl (C=O) groups excluding carboxylic acids is 1. The molecule has 150 valence electrons. The molecule has 1 aliphatic heterocycles. The van der Waals surface area contributed by atoms with E-state index in [0.717, 1.165) is 31.8 Å². The number of urea groups is 1. The maximum atomic E-state index is 13.5. The summed E-state index contributed by atoms with van der Waals surface area (Å²) in [6, 6.07) is 4.01. The lowest BCUT2D eigenvalue weighted by atomic mass is 10.0. The molecule has 2 fully saturated rings. The highest BCUT2D eigenvalue weighted by atomic mass is 19.1. The molecule has 5 nitrogen and oxygen atoms in total. The number of nitrogens with zero attached hydrogens (tertiary/aromatic N) is 1. The summed E-state index contributed by atoms with van der Waals surface area (Å²) >= 11 is 0. The summed E-state index contributed by atoms with van der Waals surface area (Å²) in [6.45, 7) is 5.15. The van der Waals surface area contributed by atoms with Crippen LogP contribution in [0.15, 0.2) is 18.2 Å². The highest BCUT2D eigenvalue weighted by Gasteiger charge is 2.25. The molecular formula is C21H32FN3O2. The molecule has 1 aromatic carbocycles. The fourth-order valence-electron chi connectivity index (χ4n) is 4.36. The van der Waals surface area contributed by atoms with Crippen LogP contribution in [0, 0.1) is 11.7 Å². The van der Waals surface area contributed by atoms with Crippen LogP contribution in [-0.4, -0.2) is 43.7 Å². The van der Waals surface area contributed by atoms with Gasteiger partial charge in [0, 0.05) is 31.2 Å². The molecule has 1 atom stereocenters. The maximum absolute atomic E-state index is 13.5. The van der Waals surface area contributed by atoms with Crippen molar-refractivity contribution in [2.24, 2.45) is 5.92 Å². The van der Waals surface area contributed by atoms with Crippen molar-refractivity contribution >= 4 is 6.03 Å². The first-order chi connectivity index (χ1) is 13.0. The van der Waals surface area contributed by atoms with Gasteiger partial charge in [-0.3, -0.25) is 0 Å². The lowest BCUT2D eigenvalue weighted by Crippen LogP contribution is -2.48. The molecule has 1 aliphatic carbocycles. The van der Waals surface area contributed by atoms with Crippen molar-refractivity contribution in [3.8, 4) is 5.75 Å². The summed E-state index contributed by atoms with van der Waals surface area (Å²) in [5.74, 6) is 1.11. The van der Waals surface area contributed by atoms with Gasteiger partial charge in [0.25, 0.3) is 0 Å². The molecule has 0 aromatic heterocycles. The van der Waals surface area contributed by atoms with Gasteiger partial charge in [-0.15, -0.1) is 0 Å². The fraction of sp³-hybridized carbons (Fsp3) is 0.667. The quantitative estimate of drug-likeness (QED) is 0.792. The van der Waals surface area contributed by atoms with Crippen molar-refractivity contribution in [3.63, 3.8) is 0 Å². The summed E-state index contributed by atoms with van der Waals surface area (Å²) in [5.41, 5.74) is 0.638. The number of hydrogen-bond acceptors (Lipinski definition) is 3. The monoisotopic (exact) mass is 377 g/mol. The minimum absolute atomic E-state index is 0.200. The second-order valence-electron chi connectivity index (χ2n) is 7.95.